The van der Waals surface area contributed by atoms with Gasteiger partial charge in [-0.3, -0.25) is 14.3 Å². The zero-order valence-electron chi connectivity index (χ0n) is 15.9. The van der Waals surface area contributed by atoms with E-state index in [1.54, 1.807) is 35.9 Å². The average Bonchev–Trinajstić information content (AvgIpc) is 3.12. The van der Waals surface area contributed by atoms with Gasteiger partial charge in [0, 0.05) is 37.8 Å². The molecule has 1 N–H and O–H groups in total. The molecule has 2 aromatic rings. The third-order valence-electron chi connectivity index (χ3n) is 4.93. The standard InChI is InChI=1S/C20H26N4O2S/c1-15-5-3-4-6-18(15)27-14-19(25)24-9-7-16(8-10-24)11-21-20(26)17-12-22-23(2)13-17/h3-6,12-13,16H,7-11,14H2,1-2H3,(H,21,26). The summed E-state index contributed by atoms with van der Waals surface area (Å²) in [4.78, 5) is 27.7. The van der Waals surface area contributed by atoms with Crippen LogP contribution in [0.4, 0.5) is 0 Å². The molecule has 0 saturated carbocycles. The van der Waals surface area contributed by atoms with E-state index in [0.29, 0.717) is 23.8 Å². The SMILES string of the molecule is Cc1ccccc1SCC(=O)N1CCC(CNC(=O)c2cnn(C)c2)CC1. The Labute approximate surface area is 164 Å². The van der Waals surface area contributed by atoms with Crippen LogP contribution in [0.5, 0.6) is 0 Å². The molecule has 7 heteroatoms. The lowest BCUT2D eigenvalue weighted by atomic mass is 9.96. The first-order valence-electron chi connectivity index (χ1n) is 9.26. The maximum absolute atomic E-state index is 12.5. The molecular formula is C20H26N4O2S. The molecule has 27 heavy (non-hydrogen) atoms. The third-order valence-corrected chi connectivity index (χ3v) is 6.09. The lowest BCUT2D eigenvalue weighted by Gasteiger charge is -2.32. The van der Waals surface area contributed by atoms with Gasteiger partial charge in [0.25, 0.3) is 5.91 Å². The lowest BCUT2D eigenvalue weighted by molar-refractivity contribution is -0.129. The lowest BCUT2D eigenvalue weighted by Crippen LogP contribution is -2.42. The minimum absolute atomic E-state index is 0.0868. The number of rotatable bonds is 6. The van der Waals surface area contributed by atoms with Gasteiger partial charge < -0.3 is 10.2 Å². The molecule has 0 atom stereocenters. The van der Waals surface area contributed by atoms with Gasteiger partial charge in [-0.05, 0) is 37.3 Å². The van der Waals surface area contributed by atoms with Gasteiger partial charge in [0.1, 0.15) is 0 Å². The Balaban J connectivity index is 1.38. The van der Waals surface area contributed by atoms with E-state index in [1.807, 2.05) is 17.0 Å². The van der Waals surface area contributed by atoms with Crippen LogP contribution in [0, 0.1) is 12.8 Å². The first kappa shape index (κ1) is 19.5. The smallest absolute Gasteiger partial charge is 0.254 e. The van der Waals surface area contributed by atoms with E-state index in [9.17, 15) is 9.59 Å². The Kier molecular flexibility index (Phi) is 6.55. The highest BCUT2D eigenvalue weighted by atomic mass is 32.2. The van der Waals surface area contributed by atoms with Gasteiger partial charge in [-0.1, -0.05) is 18.2 Å². The average molecular weight is 387 g/mol. The fourth-order valence-electron chi connectivity index (χ4n) is 3.21. The molecule has 1 fully saturated rings. The Morgan fingerprint density at radius 3 is 2.67 bits per heavy atom. The molecule has 1 saturated heterocycles. The molecule has 144 valence electrons. The first-order valence-corrected chi connectivity index (χ1v) is 10.2. The molecule has 1 aliphatic heterocycles. The molecule has 6 nitrogen and oxygen atoms in total. The topological polar surface area (TPSA) is 67.2 Å². The second kappa shape index (κ2) is 9.08. The van der Waals surface area contributed by atoms with E-state index < -0.39 is 0 Å². The first-order chi connectivity index (χ1) is 13.0. The van der Waals surface area contributed by atoms with Crippen molar-refractivity contribution in [3.05, 3.63) is 47.8 Å². The normalized spacial score (nSPS) is 15.0. The van der Waals surface area contributed by atoms with Crippen LogP contribution < -0.4 is 5.32 Å². The number of carbonyl (C=O) groups excluding carboxylic acids is 2. The van der Waals surface area contributed by atoms with Crippen molar-refractivity contribution in [3.8, 4) is 0 Å². The number of aromatic nitrogens is 2. The number of nitrogens with one attached hydrogen (secondary N) is 1. The van der Waals surface area contributed by atoms with Gasteiger partial charge in [-0.25, -0.2) is 0 Å². The Bertz CT molecular complexity index is 797. The second-order valence-electron chi connectivity index (χ2n) is 6.99. The highest BCUT2D eigenvalue weighted by Gasteiger charge is 2.23. The summed E-state index contributed by atoms with van der Waals surface area (Å²) < 4.78 is 1.62. The number of hydrogen-bond donors (Lipinski definition) is 1. The summed E-state index contributed by atoms with van der Waals surface area (Å²) in [5.74, 6) is 1.00. The second-order valence-corrected chi connectivity index (χ2v) is 8.01. The van der Waals surface area contributed by atoms with Crippen molar-refractivity contribution in [2.45, 2.75) is 24.7 Å². The van der Waals surface area contributed by atoms with Gasteiger partial charge in [0.2, 0.25) is 5.91 Å². The van der Waals surface area contributed by atoms with Gasteiger partial charge in [0.15, 0.2) is 0 Å². The molecule has 2 heterocycles. The highest BCUT2D eigenvalue weighted by molar-refractivity contribution is 8.00. The van der Waals surface area contributed by atoms with Crippen LogP contribution >= 0.6 is 11.8 Å². The molecular weight excluding hydrogens is 360 g/mol. The zero-order valence-corrected chi connectivity index (χ0v) is 16.7. The molecule has 0 spiro atoms. The highest BCUT2D eigenvalue weighted by Crippen LogP contribution is 2.23. The van der Waals surface area contributed by atoms with Crippen molar-refractivity contribution in [1.82, 2.24) is 20.0 Å². The van der Waals surface area contributed by atoms with E-state index in [0.717, 1.165) is 25.9 Å². The van der Waals surface area contributed by atoms with E-state index in [1.165, 1.54) is 10.5 Å². The molecule has 0 bridgehead atoms. The van der Waals surface area contributed by atoms with Crippen LogP contribution in [-0.4, -0.2) is 51.9 Å². The number of carbonyl (C=O) groups is 2. The van der Waals surface area contributed by atoms with Crippen LogP contribution in [0.15, 0.2) is 41.6 Å². The largest absolute Gasteiger partial charge is 0.352 e. The Morgan fingerprint density at radius 1 is 1.26 bits per heavy atom. The van der Waals surface area contributed by atoms with Crippen molar-refractivity contribution in [1.29, 1.82) is 0 Å². The summed E-state index contributed by atoms with van der Waals surface area (Å²) in [5, 5.41) is 7.00. The summed E-state index contributed by atoms with van der Waals surface area (Å²) >= 11 is 1.61. The fraction of sp³-hybridized carbons (Fsp3) is 0.450. The molecule has 0 aliphatic carbocycles. The molecule has 1 aliphatic rings. The molecule has 2 amide bonds. The Morgan fingerprint density at radius 2 is 2.00 bits per heavy atom. The summed E-state index contributed by atoms with van der Waals surface area (Å²) in [7, 11) is 1.79. The number of benzene rings is 1. The van der Waals surface area contributed by atoms with Crippen molar-refractivity contribution >= 4 is 23.6 Å². The van der Waals surface area contributed by atoms with Crippen LogP contribution in [-0.2, 0) is 11.8 Å². The molecule has 0 unspecified atom stereocenters. The van der Waals surface area contributed by atoms with Crippen molar-refractivity contribution in [2.24, 2.45) is 13.0 Å². The van der Waals surface area contributed by atoms with Gasteiger partial charge >= 0.3 is 0 Å². The van der Waals surface area contributed by atoms with E-state index in [2.05, 4.69) is 29.5 Å². The quantitative estimate of drug-likeness (QED) is 0.775. The number of piperidine rings is 1. The van der Waals surface area contributed by atoms with Gasteiger partial charge in [0.05, 0.1) is 17.5 Å². The summed E-state index contributed by atoms with van der Waals surface area (Å²) in [6.07, 6.45) is 5.13. The summed E-state index contributed by atoms with van der Waals surface area (Å²) in [6, 6.07) is 8.15. The molecule has 1 aromatic carbocycles. The number of thioether (sulfide) groups is 1. The zero-order chi connectivity index (χ0) is 19.2. The number of nitrogens with zero attached hydrogens (tertiary/aromatic N) is 3. The number of amides is 2. The summed E-state index contributed by atoms with van der Waals surface area (Å²) in [6.45, 7) is 4.24. The number of likely N-dealkylation sites (tertiary alicyclic amines) is 1. The predicted octanol–water partition coefficient (Wildman–Crippen LogP) is 2.49. The van der Waals surface area contributed by atoms with E-state index >= 15 is 0 Å². The molecule has 3 rings (SSSR count). The maximum atomic E-state index is 12.5. The number of hydrogen-bond acceptors (Lipinski definition) is 4. The maximum Gasteiger partial charge on any atom is 0.254 e. The monoisotopic (exact) mass is 386 g/mol. The fourth-order valence-corrected chi connectivity index (χ4v) is 4.15. The van der Waals surface area contributed by atoms with Gasteiger partial charge in [-0.2, -0.15) is 5.10 Å². The minimum atomic E-state index is -0.0868. The third kappa shape index (κ3) is 5.35. The van der Waals surface area contributed by atoms with Crippen molar-refractivity contribution in [3.63, 3.8) is 0 Å². The Hall–Kier alpha value is -2.28. The number of aryl methyl sites for hydroxylation is 2. The molecule has 0 radical (unpaired) electrons. The summed E-state index contributed by atoms with van der Waals surface area (Å²) in [5.41, 5.74) is 1.79. The minimum Gasteiger partial charge on any atom is -0.352 e. The van der Waals surface area contributed by atoms with E-state index in [4.69, 9.17) is 0 Å². The van der Waals surface area contributed by atoms with Gasteiger partial charge in [-0.15, -0.1) is 11.8 Å². The van der Waals surface area contributed by atoms with Crippen LogP contribution in [0.2, 0.25) is 0 Å². The van der Waals surface area contributed by atoms with Crippen LogP contribution in [0.1, 0.15) is 28.8 Å². The van der Waals surface area contributed by atoms with Crippen LogP contribution in [0.3, 0.4) is 0 Å². The molecule has 1 aromatic heterocycles. The van der Waals surface area contributed by atoms with E-state index in [-0.39, 0.29) is 11.8 Å². The van der Waals surface area contributed by atoms with Crippen molar-refractivity contribution in [2.75, 3.05) is 25.4 Å². The predicted molar refractivity (Wildman–Crippen MR) is 107 cm³/mol. The van der Waals surface area contributed by atoms with Crippen LogP contribution in [0.25, 0.3) is 0 Å². The van der Waals surface area contributed by atoms with Crippen molar-refractivity contribution < 1.29 is 9.59 Å².